The minimum Gasteiger partial charge on any atom is -0.510 e. The van der Waals surface area contributed by atoms with Crippen LogP contribution in [-0.4, -0.2) is 27.3 Å². The number of carbonyl (C=O) groups excluding carboxylic acids is 2. The molecular formula is C33H34N2O3. The number of H-pyrrole nitrogens is 1. The molecule has 194 valence electrons. The molecule has 0 radical (unpaired) electrons. The number of aliphatic hydroxyl groups is 1. The fourth-order valence-electron chi connectivity index (χ4n) is 5.91. The van der Waals surface area contributed by atoms with Gasteiger partial charge in [0.15, 0.2) is 5.78 Å². The summed E-state index contributed by atoms with van der Waals surface area (Å²) >= 11 is 0. The highest BCUT2D eigenvalue weighted by molar-refractivity contribution is 6.14. The highest BCUT2D eigenvalue weighted by Gasteiger charge is 2.55. The van der Waals surface area contributed by atoms with E-state index in [0.717, 1.165) is 38.9 Å². The van der Waals surface area contributed by atoms with Gasteiger partial charge in [-0.25, -0.2) is 0 Å². The highest BCUT2D eigenvalue weighted by Crippen LogP contribution is 2.51. The second-order valence-corrected chi connectivity index (χ2v) is 11.2. The molecule has 1 aliphatic rings. The number of hydrogen-bond acceptors (Lipinski definition) is 3. The number of rotatable bonds is 7. The number of aromatic amines is 1. The van der Waals surface area contributed by atoms with E-state index in [1.807, 2.05) is 81.4 Å². The third-order valence-corrected chi connectivity index (χ3v) is 7.72. The van der Waals surface area contributed by atoms with Crippen molar-refractivity contribution in [2.75, 3.05) is 0 Å². The Morgan fingerprint density at radius 3 is 2.26 bits per heavy atom. The van der Waals surface area contributed by atoms with E-state index in [0.29, 0.717) is 12.0 Å². The number of ketones is 1. The molecule has 0 aliphatic heterocycles. The monoisotopic (exact) mass is 506 g/mol. The summed E-state index contributed by atoms with van der Waals surface area (Å²) in [6, 6.07) is 25.5. The second kappa shape index (κ2) is 9.32. The van der Waals surface area contributed by atoms with Gasteiger partial charge in [0.1, 0.15) is 11.2 Å². The van der Waals surface area contributed by atoms with Crippen LogP contribution < -0.4 is 5.32 Å². The third-order valence-electron chi connectivity index (χ3n) is 7.72. The molecule has 5 nitrogen and oxygen atoms in total. The van der Waals surface area contributed by atoms with E-state index in [1.54, 1.807) is 6.92 Å². The van der Waals surface area contributed by atoms with Crippen molar-refractivity contribution in [1.82, 2.24) is 10.3 Å². The van der Waals surface area contributed by atoms with Crippen LogP contribution in [0.15, 0.2) is 90.2 Å². The number of allylic oxidation sites excluding steroid dienone is 2. The van der Waals surface area contributed by atoms with Crippen molar-refractivity contribution >= 4 is 22.6 Å². The first-order valence-corrected chi connectivity index (χ1v) is 13.0. The number of carbonyl (C=O) groups is 2. The van der Waals surface area contributed by atoms with Gasteiger partial charge in [-0.3, -0.25) is 9.59 Å². The SMILES string of the molecule is CC(=O)NC(C)(C)Cc1c(C(C2=C(O)C(C)(c3ccccc3)C2=O)c2ccccc2)[nH]c2cc(C)ccc12. The van der Waals surface area contributed by atoms with Crippen LogP contribution >= 0.6 is 0 Å². The first-order valence-electron chi connectivity index (χ1n) is 13.0. The van der Waals surface area contributed by atoms with Crippen molar-refractivity contribution in [3.63, 3.8) is 0 Å². The largest absolute Gasteiger partial charge is 0.510 e. The normalized spacial score (nSPS) is 18.4. The average Bonchev–Trinajstić information content (AvgIpc) is 3.22. The van der Waals surface area contributed by atoms with Gasteiger partial charge in [0, 0.05) is 34.6 Å². The number of nitrogens with one attached hydrogen (secondary N) is 2. The molecule has 2 atom stereocenters. The van der Waals surface area contributed by atoms with Crippen LogP contribution in [0.4, 0.5) is 0 Å². The Balaban J connectivity index is 1.74. The van der Waals surface area contributed by atoms with Gasteiger partial charge < -0.3 is 15.4 Å². The molecule has 1 amide bonds. The number of aliphatic hydroxyl groups excluding tert-OH is 1. The van der Waals surface area contributed by atoms with Crippen molar-refractivity contribution in [2.24, 2.45) is 0 Å². The summed E-state index contributed by atoms with van der Waals surface area (Å²) in [7, 11) is 0. The minimum atomic E-state index is -1.08. The van der Waals surface area contributed by atoms with Gasteiger partial charge in [0.2, 0.25) is 5.91 Å². The number of aryl methyl sites for hydroxylation is 1. The number of amides is 1. The van der Waals surface area contributed by atoms with Crippen molar-refractivity contribution in [3.8, 4) is 0 Å². The molecule has 5 heteroatoms. The molecule has 0 spiro atoms. The van der Waals surface area contributed by atoms with Crippen molar-refractivity contribution in [3.05, 3.63) is 118 Å². The van der Waals surface area contributed by atoms with Crippen LogP contribution in [0.1, 0.15) is 61.6 Å². The molecule has 0 fully saturated rings. The molecule has 5 rings (SSSR count). The summed E-state index contributed by atoms with van der Waals surface area (Å²) in [6.45, 7) is 9.36. The summed E-state index contributed by atoms with van der Waals surface area (Å²) in [4.78, 5) is 29.6. The highest BCUT2D eigenvalue weighted by atomic mass is 16.3. The fourth-order valence-corrected chi connectivity index (χ4v) is 5.91. The van der Waals surface area contributed by atoms with Crippen LogP contribution in [0.5, 0.6) is 0 Å². The molecular weight excluding hydrogens is 472 g/mol. The minimum absolute atomic E-state index is 0.0861. The van der Waals surface area contributed by atoms with Gasteiger partial charge in [-0.15, -0.1) is 0 Å². The zero-order chi connectivity index (χ0) is 27.2. The number of hydrogen-bond donors (Lipinski definition) is 3. The Labute approximate surface area is 223 Å². The lowest BCUT2D eigenvalue weighted by Crippen LogP contribution is -2.48. The van der Waals surface area contributed by atoms with Gasteiger partial charge in [0.05, 0.1) is 5.92 Å². The van der Waals surface area contributed by atoms with E-state index in [9.17, 15) is 14.7 Å². The fraction of sp³-hybridized carbons (Fsp3) is 0.273. The van der Waals surface area contributed by atoms with Crippen LogP contribution in [0.2, 0.25) is 0 Å². The Morgan fingerprint density at radius 2 is 1.66 bits per heavy atom. The van der Waals surface area contributed by atoms with Crippen LogP contribution in [0.25, 0.3) is 10.9 Å². The maximum atomic E-state index is 14.0. The summed E-state index contributed by atoms with van der Waals surface area (Å²) in [5.41, 5.74) is 4.46. The summed E-state index contributed by atoms with van der Waals surface area (Å²) in [5, 5.41) is 15.7. The summed E-state index contributed by atoms with van der Waals surface area (Å²) in [6.07, 6.45) is 0.548. The second-order valence-electron chi connectivity index (χ2n) is 11.2. The Hall–Kier alpha value is -4.12. The standard InChI is InChI=1S/C33H34N2O3/c1-20-16-17-24-25(19-32(3,4)35-21(2)36)29(34-26(24)18-20)27(22-12-8-6-9-13-22)28-30(37)33(5,31(28)38)23-14-10-7-11-15-23/h6-18,27,34,37H,19H2,1-5H3,(H,35,36). The predicted octanol–water partition coefficient (Wildman–Crippen LogP) is 6.42. The molecule has 4 aromatic rings. The molecule has 3 aromatic carbocycles. The van der Waals surface area contributed by atoms with Gasteiger partial charge in [-0.1, -0.05) is 72.8 Å². The number of fused-ring (bicyclic) bond motifs is 1. The van der Waals surface area contributed by atoms with Gasteiger partial charge in [0.25, 0.3) is 0 Å². The first-order chi connectivity index (χ1) is 18.0. The predicted molar refractivity (Wildman–Crippen MR) is 151 cm³/mol. The van der Waals surface area contributed by atoms with E-state index in [2.05, 4.69) is 28.5 Å². The molecule has 1 aromatic heterocycles. The Kier molecular flexibility index (Phi) is 6.26. The lowest BCUT2D eigenvalue weighted by Gasteiger charge is -2.41. The quantitative estimate of drug-likeness (QED) is 0.271. The molecule has 2 unspecified atom stereocenters. The first kappa shape index (κ1) is 25.5. The molecule has 0 bridgehead atoms. The number of benzene rings is 3. The number of Topliss-reactive ketones (excluding diaryl/α,β-unsaturated/α-hetero) is 1. The molecule has 0 saturated carbocycles. The van der Waals surface area contributed by atoms with E-state index >= 15 is 0 Å². The van der Waals surface area contributed by atoms with Gasteiger partial charge in [-0.2, -0.15) is 0 Å². The van der Waals surface area contributed by atoms with Crippen molar-refractivity contribution in [2.45, 2.75) is 57.9 Å². The van der Waals surface area contributed by atoms with Crippen molar-refractivity contribution < 1.29 is 14.7 Å². The van der Waals surface area contributed by atoms with E-state index in [-0.39, 0.29) is 17.4 Å². The molecule has 38 heavy (non-hydrogen) atoms. The molecule has 1 heterocycles. The molecule has 1 aliphatic carbocycles. The van der Waals surface area contributed by atoms with E-state index in [1.165, 1.54) is 6.92 Å². The maximum absolute atomic E-state index is 14.0. The summed E-state index contributed by atoms with van der Waals surface area (Å²) in [5.74, 6) is -0.572. The zero-order valence-electron chi connectivity index (χ0n) is 22.6. The topological polar surface area (TPSA) is 82.2 Å². The van der Waals surface area contributed by atoms with E-state index in [4.69, 9.17) is 0 Å². The lowest BCUT2D eigenvalue weighted by molar-refractivity contribution is -0.124. The van der Waals surface area contributed by atoms with Gasteiger partial charge >= 0.3 is 0 Å². The molecule has 0 saturated heterocycles. The lowest BCUT2D eigenvalue weighted by atomic mass is 9.60. The number of aromatic nitrogens is 1. The van der Waals surface area contributed by atoms with Gasteiger partial charge in [-0.05, 0) is 62.4 Å². The summed E-state index contributed by atoms with van der Waals surface area (Å²) < 4.78 is 0. The smallest absolute Gasteiger partial charge is 0.217 e. The average molecular weight is 507 g/mol. The van der Waals surface area contributed by atoms with E-state index < -0.39 is 16.9 Å². The van der Waals surface area contributed by atoms with Crippen molar-refractivity contribution in [1.29, 1.82) is 0 Å². The van der Waals surface area contributed by atoms with Crippen LogP contribution in [-0.2, 0) is 21.4 Å². The maximum Gasteiger partial charge on any atom is 0.217 e. The molecule has 3 N–H and O–H groups in total. The van der Waals surface area contributed by atoms with Crippen LogP contribution in [0, 0.1) is 6.92 Å². The third kappa shape index (κ3) is 4.22. The van der Waals surface area contributed by atoms with Crippen LogP contribution in [0.3, 0.4) is 0 Å². The zero-order valence-corrected chi connectivity index (χ0v) is 22.6. The Bertz CT molecular complexity index is 1560. The Morgan fingerprint density at radius 1 is 1.03 bits per heavy atom.